The Morgan fingerprint density at radius 2 is 1.21 bits per heavy atom. The Bertz CT molecular complexity index is 260. The average Bonchev–Trinajstić information content (AvgIpc) is 2.11. The number of hydrogen-bond donors (Lipinski definition) is 0. The summed E-state index contributed by atoms with van der Waals surface area (Å²) in [6.07, 6.45) is 0. The second kappa shape index (κ2) is 8.36. The molecule has 116 valence electrons. The van der Waals surface area contributed by atoms with Crippen molar-refractivity contribution in [3.05, 3.63) is 0 Å². The van der Waals surface area contributed by atoms with E-state index in [1.165, 1.54) is 0 Å². The molecule has 0 heterocycles. The van der Waals surface area contributed by atoms with Crippen LogP contribution in [0.1, 0.15) is 0 Å². The highest BCUT2D eigenvalue weighted by Gasteiger charge is 2.34. The summed E-state index contributed by atoms with van der Waals surface area (Å²) >= 11 is 0. The van der Waals surface area contributed by atoms with Crippen LogP contribution in [0, 0.1) is 0 Å². The van der Waals surface area contributed by atoms with E-state index in [2.05, 4.69) is 32.7 Å². The molecule has 0 aliphatic heterocycles. The monoisotopic (exact) mass is 358 g/mol. The van der Waals surface area contributed by atoms with E-state index < -0.39 is 44.7 Å². The Kier molecular flexibility index (Phi) is 8.75. The second-order valence-electron chi connectivity index (χ2n) is 5.94. The maximum atomic E-state index is 6.15. The molecule has 5 nitrogen and oxygen atoms in total. The van der Waals surface area contributed by atoms with Crippen molar-refractivity contribution >= 4 is 44.7 Å². The van der Waals surface area contributed by atoms with E-state index in [1.54, 1.807) is 7.11 Å². The van der Waals surface area contributed by atoms with Crippen molar-refractivity contribution in [2.24, 2.45) is 0 Å². The summed E-state index contributed by atoms with van der Waals surface area (Å²) in [4.78, 5) is 0. The summed E-state index contributed by atoms with van der Waals surface area (Å²) in [7, 11) is -6.75. The first-order chi connectivity index (χ1) is 8.45. The molecule has 19 heavy (non-hydrogen) atoms. The van der Waals surface area contributed by atoms with E-state index in [9.17, 15) is 0 Å². The third kappa shape index (κ3) is 11.2. The van der Waals surface area contributed by atoms with Crippen molar-refractivity contribution in [2.45, 2.75) is 52.4 Å². The minimum Gasteiger partial charge on any atom is -0.437 e. The molecule has 10 heteroatoms. The summed E-state index contributed by atoms with van der Waals surface area (Å²) in [5, 5.41) is 0. The van der Waals surface area contributed by atoms with Crippen LogP contribution in [-0.4, -0.2) is 51.8 Å². The molecule has 0 aliphatic carbocycles. The molecule has 0 spiro atoms. The second-order valence-corrected chi connectivity index (χ2v) is 20.8. The zero-order chi connectivity index (χ0) is 15.3. The van der Waals surface area contributed by atoms with Crippen molar-refractivity contribution < 1.29 is 20.9 Å². The van der Waals surface area contributed by atoms with E-state index in [4.69, 9.17) is 20.9 Å². The Hall–Kier alpha value is 0.884. The third-order valence-corrected chi connectivity index (χ3v) is 16.9. The lowest BCUT2D eigenvalue weighted by Crippen LogP contribution is -2.49. The zero-order valence-corrected chi connectivity index (χ0v) is 19.2. The fourth-order valence-electron chi connectivity index (χ4n) is 1.82. The predicted molar refractivity (Wildman–Crippen MR) is 91.2 cm³/mol. The molecular formula is C9H30O5Si5. The van der Waals surface area contributed by atoms with Crippen molar-refractivity contribution in [3.63, 3.8) is 0 Å². The Morgan fingerprint density at radius 1 is 0.737 bits per heavy atom. The van der Waals surface area contributed by atoms with E-state index in [1.807, 2.05) is 19.6 Å². The number of rotatable bonds is 9. The van der Waals surface area contributed by atoms with Gasteiger partial charge in [0.25, 0.3) is 18.6 Å². The largest absolute Gasteiger partial charge is 0.437 e. The lowest BCUT2D eigenvalue weighted by Gasteiger charge is -2.33. The quantitative estimate of drug-likeness (QED) is 0.588. The molecule has 0 N–H and O–H groups in total. The molecule has 0 aliphatic rings. The maximum Gasteiger partial charge on any atom is 0.312 e. The van der Waals surface area contributed by atoms with Gasteiger partial charge in [-0.3, -0.25) is 0 Å². The summed E-state index contributed by atoms with van der Waals surface area (Å²) in [5.74, 6) is 0. The topological polar surface area (TPSA) is 46.2 Å². The van der Waals surface area contributed by atoms with E-state index in [0.29, 0.717) is 0 Å². The van der Waals surface area contributed by atoms with Crippen LogP contribution in [0.3, 0.4) is 0 Å². The van der Waals surface area contributed by atoms with Gasteiger partial charge in [0.1, 0.15) is 0 Å². The van der Waals surface area contributed by atoms with E-state index >= 15 is 0 Å². The Labute approximate surface area is 125 Å². The van der Waals surface area contributed by atoms with Gasteiger partial charge in [-0.15, -0.1) is 0 Å². The smallest absolute Gasteiger partial charge is 0.312 e. The average molecular weight is 359 g/mol. The molecule has 0 amide bonds. The number of hydrogen-bond acceptors (Lipinski definition) is 5. The van der Waals surface area contributed by atoms with Gasteiger partial charge in [-0.05, 0) is 52.4 Å². The van der Waals surface area contributed by atoms with Gasteiger partial charge in [-0.1, -0.05) is 0 Å². The van der Waals surface area contributed by atoms with E-state index in [-0.39, 0.29) is 0 Å². The highest BCUT2D eigenvalue weighted by Crippen LogP contribution is 2.16. The molecule has 3 atom stereocenters. The normalized spacial score (nSPS) is 18.2. The first-order valence-corrected chi connectivity index (χ1v) is 19.2. The molecule has 0 aromatic carbocycles. The van der Waals surface area contributed by atoms with Crippen LogP contribution in [0.2, 0.25) is 52.4 Å². The van der Waals surface area contributed by atoms with Gasteiger partial charge in [0, 0.05) is 7.11 Å². The lowest BCUT2D eigenvalue weighted by molar-refractivity contribution is 0.299. The van der Waals surface area contributed by atoms with Crippen molar-refractivity contribution in [1.29, 1.82) is 0 Å². The maximum absolute atomic E-state index is 6.15. The molecule has 0 aromatic rings. The van der Waals surface area contributed by atoms with Gasteiger partial charge >= 0.3 is 17.8 Å². The highest BCUT2D eigenvalue weighted by molar-refractivity contribution is 6.84. The zero-order valence-electron chi connectivity index (χ0n) is 13.8. The standard InChI is InChI=1S/C9H30O5Si5/c1-10-15(2)11-16(3)12-17(4)13-19(8,9)14-18(5,6)7/h15-17H,1-9H3. The minimum absolute atomic E-state index is 1.50. The van der Waals surface area contributed by atoms with Gasteiger partial charge < -0.3 is 20.9 Å². The van der Waals surface area contributed by atoms with Crippen molar-refractivity contribution in [1.82, 2.24) is 0 Å². The molecule has 0 bridgehead atoms. The van der Waals surface area contributed by atoms with Crippen LogP contribution in [-0.2, 0) is 20.9 Å². The SMILES string of the molecule is CO[SiH](C)O[SiH](C)O[SiH](C)O[Si](C)(C)O[Si](C)(C)C. The summed E-state index contributed by atoms with van der Waals surface area (Å²) in [6.45, 7) is 16.8. The van der Waals surface area contributed by atoms with Crippen molar-refractivity contribution in [2.75, 3.05) is 7.11 Å². The highest BCUT2D eigenvalue weighted by atomic mass is 28.5. The fraction of sp³-hybridized carbons (Fsp3) is 1.00. The molecule has 0 radical (unpaired) electrons. The third-order valence-electron chi connectivity index (χ3n) is 2.10. The first kappa shape index (κ1) is 19.9. The Balaban J connectivity index is 4.18. The summed E-state index contributed by atoms with van der Waals surface area (Å²) in [5.41, 5.74) is 0. The molecule has 0 saturated carbocycles. The van der Waals surface area contributed by atoms with Gasteiger partial charge in [0.15, 0.2) is 8.32 Å². The van der Waals surface area contributed by atoms with Crippen LogP contribution < -0.4 is 0 Å². The van der Waals surface area contributed by atoms with Gasteiger partial charge in [-0.2, -0.15) is 0 Å². The molecule has 0 saturated heterocycles. The van der Waals surface area contributed by atoms with E-state index in [0.717, 1.165) is 0 Å². The van der Waals surface area contributed by atoms with Gasteiger partial charge in [0.2, 0.25) is 0 Å². The molecule has 0 rings (SSSR count). The van der Waals surface area contributed by atoms with Crippen molar-refractivity contribution in [3.8, 4) is 0 Å². The lowest BCUT2D eigenvalue weighted by atomic mass is 11.8. The first-order valence-electron chi connectivity index (χ1n) is 6.67. The summed E-state index contributed by atoms with van der Waals surface area (Å²) < 4.78 is 29.1. The van der Waals surface area contributed by atoms with Crippen LogP contribution >= 0.6 is 0 Å². The molecular weight excluding hydrogens is 329 g/mol. The summed E-state index contributed by atoms with van der Waals surface area (Å²) in [6, 6.07) is 0. The molecule has 3 unspecified atom stereocenters. The molecule has 0 fully saturated rings. The van der Waals surface area contributed by atoms with Gasteiger partial charge in [0.05, 0.1) is 0 Å². The van der Waals surface area contributed by atoms with Crippen LogP contribution in [0.4, 0.5) is 0 Å². The van der Waals surface area contributed by atoms with Crippen LogP contribution in [0.25, 0.3) is 0 Å². The predicted octanol–water partition coefficient (Wildman–Crippen LogP) is 1.79. The van der Waals surface area contributed by atoms with Crippen LogP contribution in [0.15, 0.2) is 0 Å². The van der Waals surface area contributed by atoms with Gasteiger partial charge in [-0.25, -0.2) is 0 Å². The molecule has 0 aromatic heterocycles. The fourth-order valence-corrected chi connectivity index (χ4v) is 17.9. The van der Waals surface area contributed by atoms with Crippen LogP contribution in [0.5, 0.6) is 0 Å². The minimum atomic E-state index is -2.07. The Morgan fingerprint density at radius 3 is 1.63 bits per heavy atom.